The highest BCUT2D eigenvalue weighted by Gasteiger charge is 2.33. The van der Waals surface area contributed by atoms with Gasteiger partial charge in [-0.25, -0.2) is 0 Å². The van der Waals surface area contributed by atoms with Crippen molar-refractivity contribution in [2.75, 3.05) is 22.3 Å². The standard InChI is InChI=1S/C24H17ClN2O4S/c25-12-19(28)26-18-11-10-17-21(24(31)16-9-5-4-8-15(16)23(17)30)22(18)27-20(29)13-32-14-6-2-1-3-7-14/h1-11H,12-13H2,(H,26,28)(H,27,29). The van der Waals surface area contributed by atoms with Gasteiger partial charge in [0.1, 0.15) is 5.88 Å². The minimum atomic E-state index is -0.504. The van der Waals surface area contributed by atoms with Crippen molar-refractivity contribution < 1.29 is 19.2 Å². The van der Waals surface area contributed by atoms with Crippen LogP contribution in [0.25, 0.3) is 0 Å². The molecule has 2 amide bonds. The molecule has 160 valence electrons. The van der Waals surface area contributed by atoms with E-state index in [9.17, 15) is 19.2 Å². The van der Waals surface area contributed by atoms with Gasteiger partial charge in [0.2, 0.25) is 11.8 Å². The third kappa shape index (κ3) is 4.30. The van der Waals surface area contributed by atoms with E-state index >= 15 is 0 Å². The van der Waals surface area contributed by atoms with Gasteiger partial charge in [-0.15, -0.1) is 23.4 Å². The zero-order valence-electron chi connectivity index (χ0n) is 16.7. The molecule has 0 aliphatic heterocycles. The van der Waals surface area contributed by atoms with Crippen molar-refractivity contribution >= 4 is 58.1 Å². The number of thioether (sulfide) groups is 1. The van der Waals surface area contributed by atoms with Crippen LogP contribution >= 0.6 is 23.4 Å². The number of fused-ring (bicyclic) bond motifs is 2. The molecule has 1 aliphatic rings. The first-order chi connectivity index (χ1) is 15.5. The number of hydrogen-bond acceptors (Lipinski definition) is 5. The third-order valence-corrected chi connectivity index (χ3v) is 6.12. The zero-order chi connectivity index (χ0) is 22.7. The van der Waals surface area contributed by atoms with Crippen LogP contribution in [0.1, 0.15) is 31.8 Å². The van der Waals surface area contributed by atoms with E-state index in [-0.39, 0.29) is 51.4 Å². The van der Waals surface area contributed by atoms with E-state index in [0.29, 0.717) is 5.56 Å². The molecule has 6 nitrogen and oxygen atoms in total. The Morgan fingerprint density at radius 3 is 2.09 bits per heavy atom. The van der Waals surface area contributed by atoms with Gasteiger partial charge in [0, 0.05) is 21.6 Å². The molecule has 0 aromatic heterocycles. The maximum absolute atomic E-state index is 13.3. The summed E-state index contributed by atoms with van der Waals surface area (Å²) in [5.41, 5.74) is 1.07. The van der Waals surface area contributed by atoms with Crippen molar-refractivity contribution in [3.63, 3.8) is 0 Å². The number of hydrogen-bond donors (Lipinski definition) is 2. The average Bonchev–Trinajstić information content (AvgIpc) is 2.82. The molecule has 0 spiro atoms. The Morgan fingerprint density at radius 2 is 1.41 bits per heavy atom. The summed E-state index contributed by atoms with van der Waals surface area (Å²) < 4.78 is 0. The number of anilines is 2. The van der Waals surface area contributed by atoms with Gasteiger partial charge in [-0.3, -0.25) is 19.2 Å². The van der Waals surface area contributed by atoms with Crippen LogP contribution in [-0.4, -0.2) is 35.0 Å². The van der Waals surface area contributed by atoms with E-state index in [1.165, 1.54) is 23.9 Å². The summed E-state index contributed by atoms with van der Waals surface area (Å²) in [6.45, 7) is 0. The number of rotatable bonds is 6. The largest absolute Gasteiger partial charge is 0.323 e. The molecule has 0 heterocycles. The van der Waals surface area contributed by atoms with Gasteiger partial charge < -0.3 is 10.6 Å². The van der Waals surface area contributed by atoms with E-state index in [2.05, 4.69) is 10.6 Å². The second kappa shape index (κ2) is 9.38. The quantitative estimate of drug-likeness (QED) is 0.326. The molecule has 0 unspecified atom stereocenters. The minimum absolute atomic E-state index is 0.0548. The number of nitrogens with one attached hydrogen (secondary N) is 2. The normalized spacial score (nSPS) is 12.0. The first kappa shape index (κ1) is 21.8. The van der Waals surface area contributed by atoms with E-state index in [1.54, 1.807) is 24.3 Å². The van der Waals surface area contributed by atoms with Crippen molar-refractivity contribution in [2.45, 2.75) is 4.90 Å². The first-order valence-electron chi connectivity index (χ1n) is 9.68. The lowest BCUT2D eigenvalue weighted by molar-refractivity contribution is -0.114. The molecule has 0 saturated carbocycles. The predicted octanol–water partition coefficient (Wildman–Crippen LogP) is 4.37. The summed E-state index contributed by atoms with van der Waals surface area (Å²) in [5.74, 6) is -1.83. The van der Waals surface area contributed by atoms with Crippen LogP contribution < -0.4 is 10.6 Å². The third-order valence-electron chi connectivity index (χ3n) is 4.87. The second-order valence-electron chi connectivity index (χ2n) is 6.95. The van der Waals surface area contributed by atoms with E-state index in [1.807, 2.05) is 30.3 Å². The Labute approximate surface area is 193 Å². The van der Waals surface area contributed by atoms with Crippen LogP contribution in [0, 0.1) is 0 Å². The summed E-state index contributed by atoms with van der Waals surface area (Å²) in [6, 6.07) is 18.9. The topological polar surface area (TPSA) is 92.3 Å². The Morgan fingerprint density at radius 1 is 0.750 bits per heavy atom. The molecular formula is C24H17ClN2O4S. The molecule has 8 heteroatoms. The lowest BCUT2D eigenvalue weighted by atomic mass is 9.83. The molecule has 0 radical (unpaired) electrons. The molecule has 0 atom stereocenters. The number of carbonyl (C=O) groups excluding carboxylic acids is 4. The predicted molar refractivity (Wildman–Crippen MR) is 125 cm³/mol. The van der Waals surface area contributed by atoms with E-state index < -0.39 is 11.7 Å². The molecular weight excluding hydrogens is 448 g/mol. The molecule has 3 aromatic rings. The lowest BCUT2D eigenvalue weighted by Gasteiger charge is -2.23. The Kier molecular flexibility index (Phi) is 6.39. The SMILES string of the molecule is O=C(CCl)Nc1ccc2c(c1NC(=O)CSc1ccccc1)C(=O)c1ccccc1C2=O. The number of ketones is 2. The van der Waals surface area contributed by atoms with Gasteiger partial charge in [0.05, 0.1) is 22.7 Å². The fraction of sp³-hybridized carbons (Fsp3) is 0.0833. The van der Waals surface area contributed by atoms with Gasteiger partial charge in [-0.2, -0.15) is 0 Å². The number of amides is 2. The summed E-state index contributed by atoms with van der Waals surface area (Å²) >= 11 is 6.94. The first-order valence-corrected chi connectivity index (χ1v) is 11.2. The van der Waals surface area contributed by atoms with E-state index in [0.717, 1.165) is 4.90 Å². The van der Waals surface area contributed by atoms with Crippen molar-refractivity contribution in [1.29, 1.82) is 0 Å². The molecule has 32 heavy (non-hydrogen) atoms. The number of carbonyl (C=O) groups is 4. The lowest BCUT2D eigenvalue weighted by Crippen LogP contribution is -2.26. The highest BCUT2D eigenvalue weighted by molar-refractivity contribution is 8.00. The number of halogens is 1. The summed E-state index contributed by atoms with van der Waals surface area (Å²) in [5, 5.41) is 5.32. The highest BCUT2D eigenvalue weighted by atomic mass is 35.5. The Hall–Kier alpha value is -3.42. The molecule has 0 fully saturated rings. The summed E-state index contributed by atoms with van der Waals surface area (Å²) in [6.07, 6.45) is 0. The van der Waals surface area contributed by atoms with Crippen molar-refractivity contribution in [2.24, 2.45) is 0 Å². The van der Waals surface area contributed by atoms with Crippen LogP contribution in [0.5, 0.6) is 0 Å². The monoisotopic (exact) mass is 464 g/mol. The van der Waals surface area contributed by atoms with Gasteiger partial charge in [-0.05, 0) is 24.3 Å². The second-order valence-corrected chi connectivity index (χ2v) is 8.26. The van der Waals surface area contributed by atoms with Crippen LogP contribution in [-0.2, 0) is 9.59 Å². The Balaban J connectivity index is 1.72. The van der Waals surface area contributed by atoms with Gasteiger partial charge >= 0.3 is 0 Å². The molecule has 0 saturated heterocycles. The molecule has 2 N–H and O–H groups in total. The van der Waals surface area contributed by atoms with E-state index in [4.69, 9.17) is 11.6 Å². The Bertz CT molecular complexity index is 1240. The molecule has 4 rings (SSSR count). The van der Waals surface area contributed by atoms with Crippen LogP contribution in [0.2, 0.25) is 0 Å². The van der Waals surface area contributed by atoms with Crippen molar-refractivity contribution in [3.05, 3.63) is 89.0 Å². The summed E-state index contributed by atoms with van der Waals surface area (Å²) in [4.78, 5) is 51.9. The number of alkyl halides is 1. The van der Waals surface area contributed by atoms with Gasteiger partial charge in [-0.1, -0.05) is 42.5 Å². The number of benzene rings is 3. The molecule has 0 bridgehead atoms. The molecule has 1 aliphatic carbocycles. The minimum Gasteiger partial charge on any atom is -0.323 e. The maximum Gasteiger partial charge on any atom is 0.239 e. The zero-order valence-corrected chi connectivity index (χ0v) is 18.3. The van der Waals surface area contributed by atoms with Crippen LogP contribution in [0.4, 0.5) is 11.4 Å². The molecule has 3 aromatic carbocycles. The summed E-state index contributed by atoms with van der Waals surface area (Å²) in [7, 11) is 0. The van der Waals surface area contributed by atoms with Crippen molar-refractivity contribution in [1.82, 2.24) is 0 Å². The van der Waals surface area contributed by atoms with Crippen LogP contribution in [0.15, 0.2) is 71.6 Å². The van der Waals surface area contributed by atoms with Crippen molar-refractivity contribution in [3.8, 4) is 0 Å². The van der Waals surface area contributed by atoms with Gasteiger partial charge in [0.25, 0.3) is 0 Å². The van der Waals surface area contributed by atoms with Crippen LogP contribution in [0.3, 0.4) is 0 Å². The maximum atomic E-state index is 13.3. The van der Waals surface area contributed by atoms with Gasteiger partial charge in [0.15, 0.2) is 11.6 Å². The smallest absolute Gasteiger partial charge is 0.239 e. The fourth-order valence-electron chi connectivity index (χ4n) is 3.45. The highest BCUT2D eigenvalue weighted by Crippen LogP contribution is 2.37. The average molecular weight is 465 g/mol. The fourth-order valence-corrected chi connectivity index (χ4v) is 4.23.